The Morgan fingerprint density at radius 3 is 2.47 bits per heavy atom. The average molecular weight is 239 g/mol. The van der Waals surface area contributed by atoms with Crippen LogP contribution in [0.15, 0.2) is 0 Å². The van der Waals surface area contributed by atoms with Crippen LogP contribution in [-0.4, -0.2) is 24.0 Å². The van der Waals surface area contributed by atoms with Crippen LogP contribution >= 0.6 is 0 Å². The maximum absolute atomic E-state index is 12.1. The van der Waals surface area contributed by atoms with Crippen molar-refractivity contribution in [3.63, 3.8) is 0 Å². The summed E-state index contributed by atoms with van der Waals surface area (Å²) in [5.74, 6) is 1.92. The molecule has 0 radical (unpaired) electrons. The van der Waals surface area contributed by atoms with Crippen molar-refractivity contribution in [2.75, 3.05) is 6.54 Å². The number of nitrogens with one attached hydrogen (secondary N) is 1. The summed E-state index contributed by atoms with van der Waals surface area (Å²) in [6.07, 6.45) is 6.59. The van der Waals surface area contributed by atoms with Gasteiger partial charge in [0.2, 0.25) is 0 Å². The van der Waals surface area contributed by atoms with Gasteiger partial charge in [-0.25, -0.2) is 0 Å². The predicted octanol–water partition coefficient (Wildman–Crippen LogP) is 1.04. The molecule has 0 aromatic rings. The summed E-state index contributed by atoms with van der Waals surface area (Å²) in [4.78, 5) is 12.1. The monoisotopic (exact) mass is 239 g/mol. The minimum Gasteiger partial charge on any atom is -0.346 e. The molecule has 0 unspecified atom stereocenters. The van der Waals surface area contributed by atoms with Gasteiger partial charge in [-0.05, 0) is 39.5 Å². The van der Waals surface area contributed by atoms with E-state index in [0.717, 1.165) is 24.8 Å². The molecule has 0 spiro atoms. The highest BCUT2D eigenvalue weighted by Gasteiger charge is 2.38. The maximum atomic E-state index is 12.1. The van der Waals surface area contributed by atoms with Crippen LogP contribution in [0.4, 0.5) is 0 Å². The van der Waals surface area contributed by atoms with E-state index in [9.17, 15) is 4.79 Å². The second-order valence-electron chi connectivity index (χ2n) is 6.86. The molecule has 1 saturated heterocycles. The average Bonchev–Trinajstić information content (AvgIpc) is 2.26. The minimum atomic E-state index is -0.103. The number of carbonyl (C=O) groups excluding carboxylic acids is 1. The molecule has 0 aromatic carbocycles. The van der Waals surface area contributed by atoms with Crippen LogP contribution < -0.4 is 10.6 Å². The van der Waals surface area contributed by atoms with Gasteiger partial charge < -0.3 is 10.6 Å². The van der Waals surface area contributed by atoms with E-state index in [0.29, 0.717) is 0 Å². The standard InChI is InChI=1S/C14H26N2O/c1-14(2,3)16-13(17)12-8-10-6-4-5-7-11(10)9-15-12/h10-12,15H,4-9H2,1-3H3,(H,16,17)/p+1/t10-,11+,12-/m0/s1. The van der Waals surface area contributed by atoms with Crippen LogP contribution in [0.2, 0.25) is 0 Å². The molecule has 2 fully saturated rings. The molecule has 3 N–H and O–H groups in total. The summed E-state index contributed by atoms with van der Waals surface area (Å²) >= 11 is 0. The smallest absolute Gasteiger partial charge is 0.278 e. The molecule has 2 aliphatic rings. The van der Waals surface area contributed by atoms with Gasteiger partial charge in [-0.2, -0.15) is 0 Å². The van der Waals surface area contributed by atoms with E-state index in [1.807, 2.05) is 0 Å². The molecule has 17 heavy (non-hydrogen) atoms. The van der Waals surface area contributed by atoms with Gasteiger partial charge in [-0.15, -0.1) is 0 Å². The number of hydrogen-bond donors (Lipinski definition) is 2. The van der Waals surface area contributed by atoms with Crippen LogP contribution in [0.3, 0.4) is 0 Å². The summed E-state index contributed by atoms with van der Waals surface area (Å²) in [6, 6.07) is 0.161. The van der Waals surface area contributed by atoms with Gasteiger partial charge in [0, 0.05) is 17.9 Å². The molecular weight excluding hydrogens is 212 g/mol. The molecule has 0 bridgehead atoms. The fraction of sp³-hybridized carbons (Fsp3) is 0.929. The number of hydrogen-bond acceptors (Lipinski definition) is 1. The van der Waals surface area contributed by atoms with E-state index in [1.54, 1.807) is 0 Å². The summed E-state index contributed by atoms with van der Waals surface area (Å²) in [6.45, 7) is 7.32. The van der Waals surface area contributed by atoms with Crippen LogP contribution in [-0.2, 0) is 4.79 Å². The third-order valence-corrected chi connectivity index (χ3v) is 4.18. The van der Waals surface area contributed by atoms with Gasteiger partial charge in [0.05, 0.1) is 6.54 Å². The van der Waals surface area contributed by atoms with Crippen molar-refractivity contribution in [1.82, 2.24) is 5.32 Å². The van der Waals surface area contributed by atoms with Crippen molar-refractivity contribution in [3.05, 3.63) is 0 Å². The fourth-order valence-corrected chi connectivity index (χ4v) is 3.34. The lowest BCUT2D eigenvalue weighted by molar-refractivity contribution is -0.694. The Balaban J connectivity index is 1.89. The number of piperidine rings is 1. The molecular formula is C14H27N2O+. The van der Waals surface area contributed by atoms with Gasteiger partial charge in [-0.3, -0.25) is 4.79 Å². The van der Waals surface area contributed by atoms with E-state index in [-0.39, 0.29) is 17.5 Å². The van der Waals surface area contributed by atoms with Crippen LogP contribution in [0.5, 0.6) is 0 Å². The van der Waals surface area contributed by atoms with Crippen LogP contribution in [0.1, 0.15) is 52.9 Å². The number of carbonyl (C=O) groups is 1. The molecule has 3 atom stereocenters. The van der Waals surface area contributed by atoms with Crippen molar-refractivity contribution in [2.45, 2.75) is 64.5 Å². The molecule has 1 saturated carbocycles. The Labute approximate surface area is 105 Å². The van der Waals surface area contributed by atoms with Gasteiger partial charge in [0.1, 0.15) is 0 Å². The molecule has 1 aliphatic heterocycles. The van der Waals surface area contributed by atoms with Crippen LogP contribution in [0, 0.1) is 11.8 Å². The third kappa shape index (κ3) is 3.44. The molecule has 1 amide bonds. The topological polar surface area (TPSA) is 45.7 Å². The first-order valence-corrected chi connectivity index (χ1v) is 7.11. The Bertz CT molecular complexity index is 282. The van der Waals surface area contributed by atoms with Gasteiger partial charge in [-0.1, -0.05) is 12.8 Å². The van der Waals surface area contributed by atoms with E-state index < -0.39 is 0 Å². The van der Waals surface area contributed by atoms with E-state index >= 15 is 0 Å². The Kier molecular flexibility index (Phi) is 3.76. The molecule has 3 nitrogen and oxygen atoms in total. The van der Waals surface area contributed by atoms with Crippen molar-refractivity contribution in [2.24, 2.45) is 11.8 Å². The number of rotatable bonds is 1. The second-order valence-corrected chi connectivity index (χ2v) is 6.86. The third-order valence-electron chi connectivity index (χ3n) is 4.18. The quantitative estimate of drug-likeness (QED) is 0.706. The highest BCUT2D eigenvalue weighted by molar-refractivity contribution is 5.80. The van der Waals surface area contributed by atoms with E-state index in [1.165, 1.54) is 25.7 Å². The fourth-order valence-electron chi connectivity index (χ4n) is 3.34. The zero-order valence-electron chi connectivity index (χ0n) is 11.5. The number of quaternary nitrogens is 1. The number of fused-ring (bicyclic) bond motifs is 1. The molecule has 1 aliphatic carbocycles. The minimum absolute atomic E-state index is 0.103. The zero-order valence-corrected chi connectivity index (χ0v) is 11.5. The second kappa shape index (κ2) is 4.97. The lowest BCUT2D eigenvalue weighted by atomic mass is 9.73. The van der Waals surface area contributed by atoms with E-state index in [2.05, 4.69) is 31.4 Å². The first-order valence-electron chi connectivity index (χ1n) is 7.11. The number of nitrogens with two attached hydrogens (primary N) is 1. The molecule has 0 aromatic heterocycles. The largest absolute Gasteiger partial charge is 0.346 e. The normalized spacial score (nSPS) is 33.9. The summed E-state index contributed by atoms with van der Waals surface area (Å²) < 4.78 is 0. The first-order chi connectivity index (χ1) is 7.96. The molecule has 2 rings (SSSR count). The summed E-state index contributed by atoms with van der Waals surface area (Å²) in [7, 11) is 0. The Morgan fingerprint density at radius 1 is 1.18 bits per heavy atom. The SMILES string of the molecule is CC(C)(C)NC(=O)[C@@H]1C[C@@H]2CCCC[C@@H]2C[NH2+]1. The molecule has 98 valence electrons. The lowest BCUT2D eigenvalue weighted by Crippen LogP contribution is -2.96. The highest BCUT2D eigenvalue weighted by Crippen LogP contribution is 2.33. The molecule has 1 heterocycles. The van der Waals surface area contributed by atoms with Crippen molar-refractivity contribution >= 4 is 5.91 Å². The van der Waals surface area contributed by atoms with Crippen molar-refractivity contribution in [1.29, 1.82) is 0 Å². The molecule has 3 heteroatoms. The lowest BCUT2D eigenvalue weighted by Gasteiger charge is -2.37. The van der Waals surface area contributed by atoms with E-state index in [4.69, 9.17) is 0 Å². The zero-order chi connectivity index (χ0) is 12.5. The van der Waals surface area contributed by atoms with Crippen molar-refractivity contribution in [3.8, 4) is 0 Å². The van der Waals surface area contributed by atoms with Gasteiger partial charge in [0.15, 0.2) is 6.04 Å². The Morgan fingerprint density at radius 2 is 1.82 bits per heavy atom. The highest BCUT2D eigenvalue weighted by atomic mass is 16.2. The van der Waals surface area contributed by atoms with Gasteiger partial charge in [0.25, 0.3) is 5.91 Å². The maximum Gasteiger partial charge on any atom is 0.278 e. The Hall–Kier alpha value is -0.570. The first kappa shape index (κ1) is 12.9. The summed E-state index contributed by atoms with van der Waals surface area (Å²) in [5, 5.41) is 5.39. The van der Waals surface area contributed by atoms with Crippen molar-refractivity contribution < 1.29 is 10.1 Å². The predicted molar refractivity (Wildman–Crippen MR) is 68.5 cm³/mol. The van der Waals surface area contributed by atoms with Crippen LogP contribution in [0.25, 0.3) is 0 Å². The number of amides is 1. The van der Waals surface area contributed by atoms with Gasteiger partial charge >= 0.3 is 0 Å². The summed E-state index contributed by atoms with van der Waals surface area (Å²) in [5.41, 5.74) is -0.103.